The van der Waals surface area contributed by atoms with Crippen molar-refractivity contribution in [2.45, 2.75) is 58.0 Å². The van der Waals surface area contributed by atoms with Gasteiger partial charge in [0.05, 0.1) is 5.60 Å². The molecule has 1 unspecified atom stereocenters. The molecule has 1 N–H and O–H groups in total. The van der Waals surface area contributed by atoms with E-state index in [4.69, 9.17) is 11.6 Å². The summed E-state index contributed by atoms with van der Waals surface area (Å²) in [6.45, 7) is 4.60. The standard InChI is InChI=1S/C16H23ClO/c1-15(2)8-5-9-16(18,11-10-15)12-13-6-3-4-7-14(13)17/h3-4,6-7,18H,5,8-12H2,1-2H3. The summed E-state index contributed by atoms with van der Waals surface area (Å²) < 4.78 is 0. The molecule has 1 atom stereocenters. The Morgan fingerprint density at radius 2 is 1.83 bits per heavy atom. The van der Waals surface area contributed by atoms with Crippen LogP contribution in [-0.2, 0) is 6.42 Å². The van der Waals surface area contributed by atoms with E-state index >= 15 is 0 Å². The lowest BCUT2D eigenvalue weighted by atomic mass is 9.83. The topological polar surface area (TPSA) is 20.2 Å². The summed E-state index contributed by atoms with van der Waals surface area (Å²) in [7, 11) is 0. The molecule has 1 fully saturated rings. The zero-order valence-corrected chi connectivity index (χ0v) is 12.1. The van der Waals surface area contributed by atoms with Gasteiger partial charge in [-0.2, -0.15) is 0 Å². The second-order valence-electron chi connectivity index (χ2n) is 6.51. The van der Waals surface area contributed by atoms with Gasteiger partial charge < -0.3 is 5.11 Å². The first kappa shape index (κ1) is 13.9. The van der Waals surface area contributed by atoms with E-state index in [2.05, 4.69) is 13.8 Å². The largest absolute Gasteiger partial charge is 0.390 e. The fourth-order valence-electron chi connectivity index (χ4n) is 2.89. The Labute approximate surface area is 115 Å². The molecule has 1 aliphatic carbocycles. The van der Waals surface area contributed by atoms with Crippen molar-refractivity contribution in [2.75, 3.05) is 0 Å². The van der Waals surface area contributed by atoms with Crippen LogP contribution in [0.2, 0.25) is 5.02 Å². The lowest BCUT2D eigenvalue weighted by Gasteiger charge is -2.28. The van der Waals surface area contributed by atoms with Gasteiger partial charge in [-0.05, 0) is 42.7 Å². The lowest BCUT2D eigenvalue weighted by Crippen LogP contribution is -2.31. The maximum Gasteiger partial charge on any atom is 0.0688 e. The number of halogens is 1. The SMILES string of the molecule is CC1(C)CCCC(O)(Cc2ccccc2Cl)CC1. The second kappa shape index (κ2) is 5.22. The Hall–Kier alpha value is -0.530. The Morgan fingerprint density at radius 1 is 1.11 bits per heavy atom. The molecule has 2 heteroatoms. The average Bonchev–Trinajstić information content (AvgIpc) is 2.42. The zero-order chi connectivity index (χ0) is 13.2. The van der Waals surface area contributed by atoms with E-state index in [0.717, 1.165) is 36.3 Å². The maximum absolute atomic E-state index is 10.8. The fourth-order valence-corrected chi connectivity index (χ4v) is 3.09. The van der Waals surface area contributed by atoms with Crippen molar-refractivity contribution in [3.63, 3.8) is 0 Å². The summed E-state index contributed by atoms with van der Waals surface area (Å²) in [5.74, 6) is 0. The van der Waals surface area contributed by atoms with Crippen LogP contribution in [0.1, 0.15) is 51.5 Å². The molecule has 0 heterocycles. The minimum Gasteiger partial charge on any atom is -0.390 e. The second-order valence-corrected chi connectivity index (χ2v) is 6.92. The molecule has 0 bridgehead atoms. The molecule has 1 aliphatic rings. The summed E-state index contributed by atoms with van der Waals surface area (Å²) in [5.41, 5.74) is 0.866. The number of benzene rings is 1. The van der Waals surface area contributed by atoms with Crippen molar-refractivity contribution >= 4 is 11.6 Å². The highest BCUT2D eigenvalue weighted by Crippen LogP contribution is 2.39. The molecule has 1 aromatic carbocycles. The van der Waals surface area contributed by atoms with Gasteiger partial charge in [0.25, 0.3) is 0 Å². The molecule has 1 saturated carbocycles. The van der Waals surface area contributed by atoms with Crippen LogP contribution in [0.4, 0.5) is 0 Å². The number of aliphatic hydroxyl groups is 1. The summed E-state index contributed by atoms with van der Waals surface area (Å²) in [6, 6.07) is 7.86. The van der Waals surface area contributed by atoms with Crippen LogP contribution >= 0.6 is 11.6 Å². The molecule has 0 saturated heterocycles. The number of rotatable bonds is 2. The molecule has 18 heavy (non-hydrogen) atoms. The van der Waals surface area contributed by atoms with E-state index in [1.807, 2.05) is 24.3 Å². The van der Waals surface area contributed by atoms with Gasteiger partial charge in [0, 0.05) is 11.4 Å². The van der Waals surface area contributed by atoms with Gasteiger partial charge in [-0.15, -0.1) is 0 Å². The molecular formula is C16H23ClO. The third-order valence-corrected chi connectivity index (χ3v) is 4.61. The van der Waals surface area contributed by atoms with E-state index in [9.17, 15) is 5.11 Å². The molecular weight excluding hydrogens is 244 g/mol. The summed E-state index contributed by atoms with van der Waals surface area (Å²) in [6.07, 6.45) is 5.86. The first-order chi connectivity index (χ1) is 8.40. The van der Waals surface area contributed by atoms with Crippen molar-refractivity contribution in [2.24, 2.45) is 5.41 Å². The van der Waals surface area contributed by atoms with E-state index in [1.165, 1.54) is 6.42 Å². The molecule has 1 aromatic rings. The van der Waals surface area contributed by atoms with E-state index in [-0.39, 0.29) is 0 Å². The fraction of sp³-hybridized carbons (Fsp3) is 0.625. The Balaban J connectivity index is 2.10. The normalized spacial score (nSPS) is 27.8. The van der Waals surface area contributed by atoms with Crippen LogP contribution in [0.15, 0.2) is 24.3 Å². The molecule has 1 nitrogen and oxygen atoms in total. The zero-order valence-electron chi connectivity index (χ0n) is 11.4. The number of hydrogen-bond acceptors (Lipinski definition) is 1. The van der Waals surface area contributed by atoms with Gasteiger partial charge in [0.15, 0.2) is 0 Å². The lowest BCUT2D eigenvalue weighted by molar-refractivity contribution is 0.0226. The van der Waals surface area contributed by atoms with Gasteiger partial charge in [0.1, 0.15) is 0 Å². The predicted octanol–water partition coefficient (Wildman–Crippen LogP) is 4.60. The van der Waals surface area contributed by atoms with Gasteiger partial charge in [-0.3, -0.25) is 0 Å². The first-order valence-electron chi connectivity index (χ1n) is 6.86. The van der Waals surface area contributed by atoms with E-state index in [0.29, 0.717) is 11.8 Å². The molecule has 0 amide bonds. The van der Waals surface area contributed by atoms with Crippen LogP contribution in [0, 0.1) is 5.41 Å². The molecule has 0 aliphatic heterocycles. The molecule has 0 spiro atoms. The van der Waals surface area contributed by atoms with Crippen LogP contribution < -0.4 is 0 Å². The van der Waals surface area contributed by atoms with Crippen LogP contribution in [0.25, 0.3) is 0 Å². The minimum atomic E-state index is -0.571. The molecule has 2 rings (SSSR count). The van der Waals surface area contributed by atoms with Gasteiger partial charge >= 0.3 is 0 Å². The highest BCUT2D eigenvalue weighted by Gasteiger charge is 2.34. The number of hydrogen-bond donors (Lipinski definition) is 1. The van der Waals surface area contributed by atoms with Crippen molar-refractivity contribution in [1.29, 1.82) is 0 Å². The predicted molar refractivity (Wildman–Crippen MR) is 77.0 cm³/mol. The average molecular weight is 267 g/mol. The monoisotopic (exact) mass is 266 g/mol. The van der Waals surface area contributed by atoms with Gasteiger partial charge in [-0.1, -0.05) is 50.1 Å². The van der Waals surface area contributed by atoms with E-state index in [1.54, 1.807) is 0 Å². The highest BCUT2D eigenvalue weighted by atomic mass is 35.5. The van der Waals surface area contributed by atoms with E-state index < -0.39 is 5.60 Å². The van der Waals surface area contributed by atoms with Crippen molar-refractivity contribution < 1.29 is 5.11 Å². The Kier molecular flexibility index (Phi) is 4.03. The van der Waals surface area contributed by atoms with Crippen molar-refractivity contribution in [3.05, 3.63) is 34.9 Å². The maximum atomic E-state index is 10.8. The minimum absolute atomic E-state index is 0.366. The van der Waals surface area contributed by atoms with Crippen LogP contribution in [0.3, 0.4) is 0 Å². The molecule has 0 aromatic heterocycles. The van der Waals surface area contributed by atoms with Crippen LogP contribution in [0.5, 0.6) is 0 Å². The van der Waals surface area contributed by atoms with Crippen molar-refractivity contribution in [3.8, 4) is 0 Å². The Morgan fingerprint density at radius 3 is 2.56 bits per heavy atom. The highest BCUT2D eigenvalue weighted by molar-refractivity contribution is 6.31. The summed E-state index contributed by atoms with van der Waals surface area (Å²) in [4.78, 5) is 0. The van der Waals surface area contributed by atoms with Crippen LogP contribution in [-0.4, -0.2) is 10.7 Å². The molecule has 0 radical (unpaired) electrons. The quantitative estimate of drug-likeness (QED) is 0.776. The van der Waals surface area contributed by atoms with Crippen molar-refractivity contribution in [1.82, 2.24) is 0 Å². The smallest absolute Gasteiger partial charge is 0.0688 e. The van der Waals surface area contributed by atoms with Gasteiger partial charge in [-0.25, -0.2) is 0 Å². The molecule has 100 valence electrons. The van der Waals surface area contributed by atoms with Gasteiger partial charge in [0.2, 0.25) is 0 Å². The first-order valence-corrected chi connectivity index (χ1v) is 7.24. The summed E-state index contributed by atoms with van der Waals surface area (Å²) in [5, 5.41) is 11.6. The third-order valence-electron chi connectivity index (χ3n) is 4.24. The Bertz CT molecular complexity index is 413. The third kappa shape index (κ3) is 3.49. The summed E-state index contributed by atoms with van der Waals surface area (Å²) >= 11 is 6.19.